The van der Waals surface area contributed by atoms with Gasteiger partial charge in [0, 0.05) is 22.0 Å². The smallest absolute Gasteiger partial charge is 0.159 e. The van der Waals surface area contributed by atoms with Crippen molar-refractivity contribution in [3.8, 4) is 33.4 Å². The highest BCUT2D eigenvalue weighted by atomic mass is 16.3. The molecule has 0 aliphatic carbocycles. The normalized spacial score (nSPS) is 11.6. The lowest BCUT2D eigenvalue weighted by atomic mass is 9.96. The summed E-state index contributed by atoms with van der Waals surface area (Å²) in [4.78, 5) is 0. The van der Waals surface area contributed by atoms with Gasteiger partial charge in [0.2, 0.25) is 0 Å². The van der Waals surface area contributed by atoms with E-state index in [0.29, 0.717) is 0 Å². The molecule has 0 spiro atoms. The molecule has 1 aromatic heterocycles. The van der Waals surface area contributed by atoms with Gasteiger partial charge in [0.05, 0.1) is 5.69 Å². The van der Waals surface area contributed by atoms with Crippen LogP contribution in [0.15, 0.2) is 186 Å². The van der Waals surface area contributed by atoms with Crippen molar-refractivity contribution in [1.82, 2.24) is 0 Å². The Morgan fingerprint density at radius 2 is 0.900 bits per heavy atom. The SMILES string of the molecule is c1ccc(-c2cccc3c2oc2c(Nc4ccc(-c5ccc6cc(-c7ccc8ccccc8c7)ccc6c5)cc4)cc4ccccc4c23)cc1. The number of furan rings is 1. The van der Waals surface area contributed by atoms with E-state index in [1.807, 2.05) is 6.07 Å². The molecule has 234 valence electrons. The van der Waals surface area contributed by atoms with E-state index in [4.69, 9.17) is 4.42 Å². The Morgan fingerprint density at radius 1 is 0.340 bits per heavy atom. The average Bonchev–Trinajstić information content (AvgIpc) is 3.59. The molecule has 2 heteroatoms. The van der Waals surface area contributed by atoms with Crippen molar-refractivity contribution in [2.75, 3.05) is 5.32 Å². The summed E-state index contributed by atoms with van der Waals surface area (Å²) < 4.78 is 6.78. The summed E-state index contributed by atoms with van der Waals surface area (Å²) in [7, 11) is 0. The maximum atomic E-state index is 6.78. The fourth-order valence-electron chi connectivity index (χ4n) is 7.46. The zero-order valence-corrected chi connectivity index (χ0v) is 27.2. The first-order chi connectivity index (χ1) is 24.7. The number of hydrogen-bond acceptors (Lipinski definition) is 2. The lowest BCUT2D eigenvalue weighted by Crippen LogP contribution is -1.91. The van der Waals surface area contributed by atoms with Gasteiger partial charge in [0.1, 0.15) is 5.58 Å². The highest BCUT2D eigenvalue weighted by Gasteiger charge is 2.18. The van der Waals surface area contributed by atoms with Crippen LogP contribution in [0.2, 0.25) is 0 Å². The van der Waals surface area contributed by atoms with Gasteiger partial charge in [0.15, 0.2) is 5.58 Å². The topological polar surface area (TPSA) is 25.2 Å². The van der Waals surface area contributed by atoms with Crippen molar-refractivity contribution in [2.45, 2.75) is 0 Å². The summed E-state index contributed by atoms with van der Waals surface area (Å²) in [5.74, 6) is 0. The molecule has 0 bridgehead atoms. The summed E-state index contributed by atoms with van der Waals surface area (Å²) in [5.41, 5.74) is 10.8. The van der Waals surface area contributed by atoms with Crippen molar-refractivity contribution in [3.63, 3.8) is 0 Å². The minimum Gasteiger partial charge on any atom is -0.453 e. The highest BCUT2D eigenvalue weighted by Crippen LogP contribution is 2.43. The molecule has 0 atom stereocenters. The van der Waals surface area contributed by atoms with Crippen LogP contribution >= 0.6 is 0 Å². The van der Waals surface area contributed by atoms with Crippen molar-refractivity contribution < 1.29 is 4.42 Å². The van der Waals surface area contributed by atoms with Crippen LogP contribution in [0.1, 0.15) is 0 Å². The van der Waals surface area contributed by atoms with Crippen LogP contribution in [0, 0.1) is 0 Å². The van der Waals surface area contributed by atoms with E-state index in [0.717, 1.165) is 44.4 Å². The van der Waals surface area contributed by atoms with Gasteiger partial charge in [-0.1, -0.05) is 146 Å². The fraction of sp³-hybridized carbons (Fsp3) is 0. The fourth-order valence-corrected chi connectivity index (χ4v) is 7.46. The quantitative estimate of drug-likeness (QED) is 0.203. The molecule has 1 N–H and O–H groups in total. The third-order valence-electron chi connectivity index (χ3n) is 10.00. The minimum absolute atomic E-state index is 0.865. The van der Waals surface area contributed by atoms with Crippen LogP contribution in [-0.4, -0.2) is 0 Å². The number of hydrogen-bond donors (Lipinski definition) is 1. The molecule has 0 radical (unpaired) electrons. The van der Waals surface area contributed by atoms with E-state index in [-0.39, 0.29) is 0 Å². The third kappa shape index (κ3) is 4.81. The Kier molecular flexibility index (Phi) is 6.53. The van der Waals surface area contributed by atoms with E-state index in [2.05, 4.69) is 181 Å². The van der Waals surface area contributed by atoms with Crippen LogP contribution in [-0.2, 0) is 0 Å². The predicted molar refractivity (Wildman–Crippen MR) is 212 cm³/mol. The Labute approximate surface area is 289 Å². The molecule has 10 aromatic rings. The summed E-state index contributed by atoms with van der Waals surface area (Å²) >= 11 is 0. The third-order valence-corrected chi connectivity index (χ3v) is 10.00. The van der Waals surface area contributed by atoms with Crippen molar-refractivity contribution in [2.24, 2.45) is 0 Å². The molecule has 0 fully saturated rings. The lowest BCUT2D eigenvalue weighted by molar-refractivity contribution is 0.671. The molecule has 0 saturated carbocycles. The number of anilines is 2. The van der Waals surface area contributed by atoms with Crippen LogP contribution in [0.25, 0.3) is 87.6 Å². The maximum absolute atomic E-state index is 6.78. The van der Waals surface area contributed by atoms with Crippen LogP contribution in [0.5, 0.6) is 0 Å². The number of rotatable bonds is 5. The van der Waals surface area contributed by atoms with E-state index in [9.17, 15) is 0 Å². The van der Waals surface area contributed by atoms with Crippen LogP contribution in [0.4, 0.5) is 11.4 Å². The molecule has 0 aliphatic rings. The average molecular weight is 638 g/mol. The number of nitrogens with one attached hydrogen (secondary N) is 1. The highest BCUT2D eigenvalue weighted by molar-refractivity contribution is 6.24. The van der Waals surface area contributed by atoms with Crippen molar-refractivity contribution in [1.29, 1.82) is 0 Å². The van der Waals surface area contributed by atoms with Gasteiger partial charge in [0.25, 0.3) is 0 Å². The molecular weight excluding hydrogens is 607 g/mol. The van der Waals surface area contributed by atoms with E-state index in [1.165, 1.54) is 54.6 Å². The first-order valence-electron chi connectivity index (χ1n) is 17.1. The number of fused-ring (bicyclic) bond motifs is 7. The molecule has 0 amide bonds. The van der Waals surface area contributed by atoms with Gasteiger partial charge in [-0.25, -0.2) is 0 Å². The molecule has 0 unspecified atom stereocenters. The zero-order valence-electron chi connectivity index (χ0n) is 27.2. The molecule has 50 heavy (non-hydrogen) atoms. The standard InChI is InChI=1S/C48H31NO/c1-2-10-33(11-3-1)43-15-8-16-44-46-42-14-7-6-13-40(42)30-45(48(46)50-47(43)44)49-41-25-23-32(24-26-41)35-19-20-38-29-39(22-21-37(38)28-35)36-18-17-31-9-4-5-12-34(31)27-36/h1-30,49H. The molecule has 2 nitrogen and oxygen atoms in total. The van der Waals surface area contributed by atoms with Crippen molar-refractivity contribution in [3.05, 3.63) is 182 Å². The predicted octanol–water partition coefficient (Wildman–Crippen LogP) is 13.8. The Balaban J connectivity index is 0.987. The first-order valence-corrected chi connectivity index (χ1v) is 17.1. The Hall–Kier alpha value is -6.64. The first kappa shape index (κ1) is 28.4. The second-order valence-electron chi connectivity index (χ2n) is 13.0. The molecule has 9 aromatic carbocycles. The molecule has 0 saturated heterocycles. The van der Waals surface area contributed by atoms with Gasteiger partial charge in [-0.3, -0.25) is 0 Å². The van der Waals surface area contributed by atoms with E-state index in [1.54, 1.807) is 0 Å². The molecular formula is C48H31NO. The largest absolute Gasteiger partial charge is 0.453 e. The van der Waals surface area contributed by atoms with Gasteiger partial charge < -0.3 is 9.73 Å². The lowest BCUT2D eigenvalue weighted by Gasteiger charge is -2.11. The number of para-hydroxylation sites is 1. The zero-order chi connectivity index (χ0) is 33.0. The monoisotopic (exact) mass is 637 g/mol. The van der Waals surface area contributed by atoms with Crippen molar-refractivity contribution >= 4 is 65.6 Å². The van der Waals surface area contributed by atoms with Gasteiger partial charge >= 0.3 is 0 Å². The summed E-state index contributed by atoms with van der Waals surface area (Å²) in [6.45, 7) is 0. The molecule has 10 rings (SSSR count). The van der Waals surface area contributed by atoms with Gasteiger partial charge in [-0.15, -0.1) is 0 Å². The van der Waals surface area contributed by atoms with Crippen LogP contribution < -0.4 is 5.32 Å². The second kappa shape index (κ2) is 11.5. The molecule has 1 heterocycles. The Bertz CT molecular complexity index is 2880. The maximum Gasteiger partial charge on any atom is 0.159 e. The van der Waals surface area contributed by atoms with Crippen LogP contribution in [0.3, 0.4) is 0 Å². The summed E-state index contributed by atoms with van der Waals surface area (Å²) in [5, 5.41) is 13.3. The van der Waals surface area contributed by atoms with E-state index >= 15 is 0 Å². The van der Waals surface area contributed by atoms with E-state index < -0.39 is 0 Å². The second-order valence-corrected chi connectivity index (χ2v) is 13.0. The Morgan fingerprint density at radius 3 is 1.64 bits per heavy atom. The van der Waals surface area contributed by atoms with Gasteiger partial charge in [-0.2, -0.15) is 0 Å². The minimum atomic E-state index is 0.865. The number of benzene rings is 9. The molecule has 0 aliphatic heterocycles. The van der Waals surface area contributed by atoms with Gasteiger partial charge in [-0.05, 0) is 96.5 Å². The summed E-state index contributed by atoms with van der Waals surface area (Å²) in [6, 6.07) is 65.1. The summed E-state index contributed by atoms with van der Waals surface area (Å²) in [6.07, 6.45) is 0.